The summed E-state index contributed by atoms with van der Waals surface area (Å²) in [5, 5.41) is 27.9. The van der Waals surface area contributed by atoms with Gasteiger partial charge in [-0.3, -0.25) is 4.90 Å². The Kier molecular flexibility index (Phi) is 8.95. The van der Waals surface area contributed by atoms with Crippen molar-refractivity contribution >= 4 is 23.0 Å². The number of rotatable bonds is 9. The van der Waals surface area contributed by atoms with Crippen LogP contribution in [0.5, 0.6) is 0 Å². The topological polar surface area (TPSA) is 67.8 Å². The van der Waals surface area contributed by atoms with E-state index in [0.717, 1.165) is 37.9 Å². The van der Waals surface area contributed by atoms with Crippen LogP contribution < -0.4 is 10.6 Å². The summed E-state index contributed by atoms with van der Waals surface area (Å²) in [7, 11) is 0. The number of hydrogen-bond acceptors (Lipinski definition) is 4. The van der Waals surface area contributed by atoms with Gasteiger partial charge >= 0.3 is 0 Å². The smallest absolute Gasteiger partial charge is 0.170 e. The molecule has 4 rings (SSSR count). The summed E-state index contributed by atoms with van der Waals surface area (Å²) in [6, 6.07) is 17.2. The van der Waals surface area contributed by atoms with Crippen molar-refractivity contribution in [3.8, 4) is 11.1 Å². The van der Waals surface area contributed by atoms with Crippen LogP contribution in [0, 0.1) is 0 Å². The second-order valence-corrected chi connectivity index (χ2v) is 10.2. The summed E-state index contributed by atoms with van der Waals surface area (Å²) < 4.78 is 0. The zero-order valence-corrected chi connectivity index (χ0v) is 21.1. The van der Waals surface area contributed by atoms with Crippen LogP contribution in [-0.2, 0) is 6.42 Å². The van der Waals surface area contributed by atoms with Crippen LogP contribution in [0.15, 0.2) is 48.5 Å². The zero-order valence-electron chi connectivity index (χ0n) is 20.2. The highest BCUT2D eigenvalue weighted by Crippen LogP contribution is 2.32. The highest BCUT2D eigenvalue weighted by Gasteiger charge is 2.47. The molecule has 2 unspecified atom stereocenters. The Morgan fingerprint density at radius 3 is 2.35 bits per heavy atom. The molecule has 34 heavy (non-hydrogen) atoms. The van der Waals surface area contributed by atoms with Crippen molar-refractivity contribution in [3.05, 3.63) is 54.1 Å². The largest absolute Gasteiger partial charge is 0.389 e. The number of nitrogens with one attached hydrogen (secondary N) is 2. The van der Waals surface area contributed by atoms with Gasteiger partial charge in [-0.15, -0.1) is 0 Å². The number of aliphatic hydroxyl groups is 2. The lowest BCUT2D eigenvalue weighted by Gasteiger charge is -2.34. The van der Waals surface area contributed by atoms with E-state index in [4.69, 9.17) is 12.2 Å². The summed E-state index contributed by atoms with van der Waals surface area (Å²) in [6.07, 6.45) is 8.10. The normalized spacial score (nSPS) is 24.6. The minimum Gasteiger partial charge on any atom is -0.389 e. The monoisotopic (exact) mass is 481 g/mol. The summed E-state index contributed by atoms with van der Waals surface area (Å²) in [5.74, 6) is 0. The molecule has 2 aromatic carbocycles. The van der Waals surface area contributed by atoms with Crippen molar-refractivity contribution < 1.29 is 10.2 Å². The number of aliphatic hydroxyl groups excluding tert-OH is 2. The first-order valence-corrected chi connectivity index (χ1v) is 13.3. The van der Waals surface area contributed by atoms with Gasteiger partial charge in [0.1, 0.15) is 0 Å². The van der Waals surface area contributed by atoms with Crippen LogP contribution in [0.3, 0.4) is 0 Å². The van der Waals surface area contributed by atoms with Crippen molar-refractivity contribution in [3.63, 3.8) is 0 Å². The van der Waals surface area contributed by atoms with Crippen LogP contribution in [0.25, 0.3) is 11.1 Å². The number of hydrogen-bond donors (Lipinski definition) is 4. The predicted molar refractivity (Wildman–Crippen MR) is 144 cm³/mol. The molecule has 2 aromatic rings. The molecular formula is C28H39N3O2S. The second kappa shape index (κ2) is 12.1. The first-order chi connectivity index (χ1) is 16.6. The lowest BCUT2D eigenvalue weighted by atomic mass is 10.0. The van der Waals surface area contributed by atoms with E-state index in [1.807, 2.05) is 12.1 Å². The molecule has 0 bridgehead atoms. The summed E-state index contributed by atoms with van der Waals surface area (Å²) in [5.41, 5.74) is 4.73. The van der Waals surface area contributed by atoms with E-state index < -0.39 is 12.2 Å². The molecule has 0 amide bonds. The molecule has 4 atom stereocenters. The SMILES string of the molecule is CCCCCCc1ccc(-c2ccc(NC(=S)NCC3[C@@H](O)[C@@H](O)C4CCCCN34)cc2)cc1. The lowest BCUT2D eigenvalue weighted by Crippen LogP contribution is -2.48. The molecule has 2 heterocycles. The molecule has 5 nitrogen and oxygen atoms in total. The Labute approximate surface area is 209 Å². The van der Waals surface area contributed by atoms with E-state index in [2.05, 4.69) is 58.9 Å². The van der Waals surface area contributed by atoms with Gasteiger partial charge in [0.05, 0.1) is 18.2 Å². The van der Waals surface area contributed by atoms with Crippen molar-refractivity contribution in [1.82, 2.24) is 10.2 Å². The van der Waals surface area contributed by atoms with E-state index in [1.165, 1.54) is 42.4 Å². The summed E-state index contributed by atoms with van der Waals surface area (Å²) in [4.78, 5) is 2.25. The average molecular weight is 482 g/mol. The summed E-state index contributed by atoms with van der Waals surface area (Å²) in [6.45, 7) is 3.69. The standard InChI is InChI=1S/C28H39N3O2S/c1-2-3-4-5-8-20-10-12-21(13-11-20)22-14-16-23(17-15-22)30-28(34)29-19-25-27(33)26(32)24-9-6-7-18-31(24)25/h10-17,24-27,32-33H,2-9,18-19H2,1H3,(H2,29,30,34)/t24?,25?,26-,27+/m0/s1. The van der Waals surface area contributed by atoms with Gasteiger partial charge in [0, 0.05) is 18.3 Å². The Hall–Kier alpha value is -1.99. The van der Waals surface area contributed by atoms with E-state index in [0.29, 0.717) is 11.7 Å². The number of thiocarbonyl (C=S) groups is 1. The van der Waals surface area contributed by atoms with Crippen LogP contribution in [0.1, 0.15) is 57.4 Å². The third-order valence-electron chi connectivity index (χ3n) is 7.38. The molecule has 4 N–H and O–H groups in total. The van der Waals surface area contributed by atoms with Crippen LogP contribution in [-0.4, -0.2) is 57.6 Å². The lowest BCUT2D eigenvalue weighted by molar-refractivity contribution is 0.0265. The zero-order chi connectivity index (χ0) is 23.9. The fourth-order valence-electron chi connectivity index (χ4n) is 5.39. The molecule has 184 valence electrons. The number of nitrogens with zero attached hydrogens (tertiary/aromatic N) is 1. The Morgan fingerprint density at radius 2 is 1.65 bits per heavy atom. The quantitative estimate of drug-likeness (QED) is 0.307. The third-order valence-corrected chi connectivity index (χ3v) is 7.62. The van der Waals surface area contributed by atoms with E-state index in [9.17, 15) is 10.2 Å². The highest BCUT2D eigenvalue weighted by molar-refractivity contribution is 7.80. The molecule has 2 fully saturated rings. The van der Waals surface area contributed by atoms with Crippen molar-refractivity contribution in [1.29, 1.82) is 0 Å². The number of piperidine rings is 1. The Morgan fingerprint density at radius 1 is 0.941 bits per heavy atom. The number of anilines is 1. The molecule has 6 heteroatoms. The van der Waals surface area contributed by atoms with E-state index in [-0.39, 0.29) is 12.1 Å². The van der Waals surface area contributed by atoms with E-state index in [1.54, 1.807) is 0 Å². The molecule has 0 saturated carbocycles. The van der Waals surface area contributed by atoms with Gasteiger partial charge in [-0.25, -0.2) is 0 Å². The number of fused-ring (bicyclic) bond motifs is 1. The van der Waals surface area contributed by atoms with Gasteiger partial charge in [-0.05, 0) is 73.3 Å². The molecule has 2 aliphatic rings. The van der Waals surface area contributed by atoms with Gasteiger partial charge in [-0.2, -0.15) is 0 Å². The fourth-order valence-corrected chi connectivity index (χ4v) is 5.59. The summed E-state index contributed by atoms with van der Waals surface area (Å²) >= 11 is 5.49. The maximum atomic E-state index is 10.5. The van der Waals surface area contributed by atoms with Gasteiger partial charge in [-0.1, -0.05) is 69.0 Å². The first-order valence-electron chi connectivity index (χ1n) is 12.9. The molecule has 2 saturated heterocycles. The Balaban J connectivity index is 1.26. The Bertz CT molecular complexity index is 918. The van der Waals surface area contributed by atoms with Crippen LogP contribution >= 0.6 is 12.2 Å². The van der Waals surface area contributed by atoms with Gasteiger partial charge in [0.15, 0.2) is 5.11 Å². The number of unbranched alkanes of at least 4 members (excludes halogenated alkanes) is 3. The second-order valence-electron chi connectivity index (χ2n) is 9.77. The van der Waals surface area contributed by atoms with Crippen molar-refractivity contribution in [2.75, 3.05) is 18.4 Å². The highest BCUT2D eigenvalue weighted by atomic mass is 32.1. The maximum Gasteiger partial charge on any atom is 0.170 e. The number of benzene rings is 2. The van der Waals surface area contributed by atoms with Crippen molar-refractivity contribution in [2.24, 2.45) is 0 Å². The van der Waals surface area contributed by atoms with Gasteiger partial charge in [0.25, 0.3) is 0 Å². The third kappa shape index (κ3) is 6.16. The van der Waals surface area contributed by atoms with Crippen LogP contribution in [0.2, 0.25) is 0 Å². The molecule has 0 aromatic heterocycles. The molecule has 2 aliphatic heterocycles. The molecule has 0 radical (unpaired) electrons. The molecular weight excluding hydrogens is 442 g/mol. The molecule has 0 spiro atoms. The molecule has 0 aliphatic carbocycles. The van der Waals surface area contributed by atoms with Gasteiger partial charge < -0.3 is 20.8 Å². The van der Waals surface area contributed by atoms with E-state index >= 15 is 0 Å². The minimum atomic E-state index is -0.736. The van der Waals surface area contributed by atoms with Gasteiger partial charge in [0.2, 0.25) is 0 Å². The number of aryl methyl sites for hydroxylation is 1. The maximum absolute atomic E-state index is 10.5. The fraction of sp³-hybridized carbons (Fsp3) is 0.536. The average Bonchev–Trinajstić information content (AvgIpc) is 3.11. The predicted octanol–water partition coefficient (Wildman–Crippen LogP) is 4.72. The van der Waals surface area contributed by atoms with Crippen molar-refractivity contribution in [2.45, 2.75) is 82.6 Å². The van der Waals surface area contributed by atoms with Crippen LogP contribution in [0.4, 0.5) is 5.69 Å². The first kappa shape index (κ1) is 25.1. The minimum absolute atomic E-state index is 0.0692.